The Balaban J connectivity index is 1.53. The van der Waals surface area contributed by atoms with Crippen molar-refractivity contribution in [3.63, 3.8) is 0 Å². The first-order valence-electron chi connectivity index (χ1n) is 9.15. The zero-order valence-corrected chi connectivity index (χ0v) is 16.2. The standard InChI is InChI=1S/C20H20N4O3S/c1-13-11-18(16-3-2-4-17(24(26)27)19(16)21-13)23-8-5-15(6-9-23)22-20(25)14-7-10-28-12-14/h2-4,7,10-12,15H,5-6,8-9H2,1H3,(H,22,25). The van der Waals surface area contributed by atoms with Crippen LogP contribution in [0.4, 0.5) is 11.4 Å². The number of rotatable bonds is 4. The van der Waals surface area contributed by atoms with Crippen LogP contribution in [0.1, 0.15) is 28.9 Å². The molecule has 3 aromatic rings. The van der Waals surface area contributed by atoms with E-state index in [1.54, 1.807) is 6.07 Å². The topological polar surface area (TPSA) is 88.4 Å². The minimum absolute atomic E-state index is 0.0273. The van der Waals surface area contributed by atoms with Crippen molar-refractivity contribution in [3.05, 3.63) is 62.5 Å². The molecule has 8 heteroatoms. The van der Waals surface area contributed by atoms with Gasteiger partial charge in [-0.05, 0) is 37.3 Å². The van der Waals surface area contributed by atoms with E-state index in [1.165, 1.54) is 17.4 Å². The number of amides is 1. The predicted octanol–water partition coefficient (Wildman–Crippen LogP) is 3.91. The van der Waals surface area contributed by atoms with Crippen LogP contribution in [0.15, 0.2) is 41.1 Å². The van der Waals surface area contributed by atoms with Crippen molar-refractivity contribution in [2.45, 2.75) is 25.8 Å². The molecule has 0 atom stereocenters. The number of aromatic nitrogens is 1. The number of carbonyl (C=O) groups is 1. The Morgan fingerprint density at radius 3 is 2.79 bits per heavy atom. The lowest BCUT2D eigenvalue weighted by atomic mass is 10.0. The zero-order valence-electron chi connectivity index (χ0n) is 15.4. The third kappa shape index (κ3) is 3.55. The molecular formula is C20H20N4O3S. The summed E-state index contributed by atoms with van der Waals surface area (Å²) in [5.41, 5.74) is 2.88. The molecule has 0 spiro atoms. The second-order valence-corrected chi connectivity index (χ2v) is 7.74. The highest BCUT2D eigenvalue weighted by Gasteiger charge is 2.24. The number of carbonyl (C=O) groups excluding carboxylic acids is 1. The van der Waals surface area contributed by atoms with Gasteiger partial charge in [0.1, 0.15) is 0 Å². The molecule has 7 nitrogen and oxygen atoms in total. The molecule has 1 aliphatic rings. The summed E-state index contributed by atoms with van der Waals surface area (Å²) < 4.78 is 0. The predicted molar refractivity (Wildman–Crippen MR) is 110 cm³/mol. The third-order valence-corrected chi connectivity index (χ3v) is 5.76. The maximum absolute atomic E-state index is 12.3. The van der Waals surface area contributed by atoms with E-state index in [0.29, 0.717) is 11.1 Å². The summed E-state index contributed by atoms with van der Waals surface area (Å²) in [5.74, 6) is -0.0273. The lowest BCUT2D eigenvalue weighted by Gasteiger charge is -2.34. The average molecular weight is 396 g/mol. The number of anilines is 1. The number of nitrogens with one attached hydrogen (secondary N) is 1. The van der Waals surface area contributed by atoms with Gasteiger partial charge in [0, 0.05) is 52.9 Å². The quantitative estimate of drug-likeness (QED) is 0.533. The number of non-ortho nitro benzene ring substituents is 1. The highest BCUT2D eigenvalue weighted by atomic mass is 32.1. The maximum Gasteiger partial charge on any atom is 0.295 e. The van der Waals surface area contributed by atoms with Gasteiger partial charge >= 0.3 is 0 Å². The number of pyridine rings is 1. The molecule has 0 saturated carbocycles. The number of aryl methyl sites for hydroxylation is 1. The summed E-state index contributed by atoms with van der Waals surface area (Å²) in [5, 5.41) is 19.0. The first-order chi connectivity index (χ1) is 13.5. The second kappa shape index (κ2) is 7.55. The van der Waals surface area contributed by atoms with E-state index in [-0.39, 0.29) is 22.6 Å². The fourth-order valence-corrected chi connectivity index (χ4v) is 4.31. The van der Waals surface area contributed by atoms with Crippen LogP contribution in [0.5, 0.6) is 0 Å². The maximum atomic E-state index is 12.3. The Morgan fingerprint density at radius 2 is 2.11 bits per heavy atom. The van der Waals surface area contributed by atoms with Gasteiger partial charge in [0.2, 0.25) is 0 Å². The van der Waals surface area contributed by atoms with Gasteiger partial charge in [0.15, 0.2) is 5.52 Å². The minimum atomic E-state index is -0.384. The molecule has 0 bridgehead atoms. The van der Waals surface area contributed by atoms with Crippen LogP contribution in [0.3, 0.4) is 0 Å². The van der Waals surface area contributed by atoms with Crippen LogP contribution in [0.25, 0.3) is 10.9 Å². The minimum Gasteiger partial charge on any atom is -0.371 e. The van der Waals surface area contributed by atoms with Crippen molar-refractivity contribution in [2.24, 2.45) is 0 Å². The van der Waals surface area contributed by atoms with E-state index in [9.17, 15) is 14.9 Å². The summed E-state index contributed by atoms with van der Waals surface area (Å²) in [6.45, 7) is 3.40. The highest BCUT2D eigenvalue weighted by molar-refractivity contribution is 7.08. The number of para-hydroxylation sites is 1. The molecule has 1 amide bonds. The Kier molecular flexibility index (Phi) is 4.95. The van der Waals surface area contributed by atoms with E-state index in [2.05, 4.69) is 15.2 Å². The molecule has 0 unspecified atom stereocenters. The van der Waals surface area contributed by atoms with Crippen LogP contribution in [-0.2, 0) is 0 Å². The molecule has 1 fully saturated rings. The van der Waals surface area contributed by atoms with Gasteiger partial charge in [0.05, 0.1) is 4.92 Å². The number of hydrogen-bond acceptors (Lipinski definition) is 6. The van der Waals surface area contributed by atoms with E-state index < -0.39 is 0 Å². The molecule has 1 aromatic carbocycles. The summed E-state index contributed by atoms with van der Waals surface area (Å²) in [6.07, 6.45) is 1.65. The van der Waals surface area contributed by atoms with E-state index in [4.69, 9.17) is 0 Å². The normalized spacial score (nSPS) is 15.0. The molecule has 3 heterocycles. The first-order valence-corrected chi connectivity index (χ1v) is 10.1. The van der Waals surface area contributed by atoms with Gasteiger partial charge in [-0.2, -0.15) is 11.3 Å². The van der Waals surface area contributed by atoms with Gasteiger partial charge in [-0.25, -0.2) is 4.98 Å². The van der Waals surface area contributed by atoms with Crippen LogP contribution >= 0.6 is 11.3 Å². The van der Waals surface area contributed by atoms with E-state index in [0.717, 1.165) is 42.7 Å². The molecule has 1 N–H and O–H groups in total. The van der Waals surface area contributed by atoms with Gasteiger partial charge in [-0.15, -0.1) is 0 Å². The largest absolute Gasteiger partial charge is 0.371 e. The van der Waals surface area contributed by atoms with Crippen molar-refractivity contribution in [3.8, 4) is 0 Å². The summed E-state index contributed by atoms with van der Waals surface area (Å²) in [7, 11) is 0. The number of nitrogens with zero attached hydrogens (tertiary/aromatic N) is 3. The number of piperidine rings is 1. The number of nitro groups is 1. The molecule has 1 saturated heterocycles. The molecule has 0 radical (unpaired) electrons. The summed E-state index contributed by atoms with van der Waals surface area (Å²) >= 11 is 1.51. The molecule has 2 aromatic heterocycles. The first kappa shape index (κ1) is 18.4. The van der Waals surface area contributed by atoms with Gasteiger partial charge < -0.3 is 10.2 Å². The molecule has 0 aliphatic carbocycles. The summed E-state index contributed by atoms with van der Waals surface area (Å²) in [4.78, 5) is 29.9. The Labute approximate surface area is 166 Å². The molecular weight excluding hydrogens is 376 g/mol. The van der Waals surface area contributed by atoms with E-state index in [1.807, 2.05) is 35.9 Å². The van der Waals surface area contributed by atoms with Crippen LogP contribution < -0.4 is 10.2 Å². The lowest BCUT2D eigenvalue weighted by molar-refractivity contribution is -0.383. The number of thiophene rings is 1. The molecule has 4 rings (SSSR count). The molecule has 28 heavy (non-hydrogen) atoms. The van der Waals surface area contributed by atoms with Crippen LogP contribution in [-0.4, -0.2) is 34.9 Å². The van der Waals surface area contributed by atoms with Crippen molar-refractivity contribution in [1.29, 1.82) is 0 Å². The van der Waals surface area contributed by atoms with Crippen LogP contribution in [0, 0.1) is 17.0 Å². The fraction of sp³-hybridized carbons (Fsp3) is 0.300. The lowest BCUT2D eigenvalue weighted by Crippen LogP contribution is -2.44. The number of benzene rings is 1. The Bertz CT molecular complexity index is 1030. The van der Waals surface area contributed by atoms with E-state index >= 15 is 0 Å². The molecule has 144 valence electrons. The zero-order chi connectivity index (χ0) is 19.7. The average Bonchev–Trinajstić information content (AvgIpc) is 3.22. The van der Waals surface area contributed by atoms with Crippen molar-refractivity contribution >= 4 is 39.5 Å². The highest BCUT2D eigenvalue weighted by Crippen LogP contribution is 2.33. The van der Waals surface area contributed by atoms with Crippen molar-refractivity contribution in [1.82, 2.24) is 10.3 Å². The van der Waals surface area contributed by atoms with Crippen molar-refractivity contribution in [2.75, 3.05) is 18.0 Å². The van der Waals surface area contributed by atoms with Gasteiger partial charge in [-0.1, -0.05) is 12.1 Å². The number of nitro benzene ring substituents is 1. The SMILES string of the molecule is Cc1cc(N2CCC(NC(=O)c3ccsc3)CC2)c2cccc([N+](=O)[O-])c2n1. The number of hydrogen-bond donors (Lipinski definition) is 1. The summed E-state index contributed by atoms with van der Waals surface area (Å²) in [6, 6.07) is 9.02. The monoisotopic (exact) mass is 396 g/mol. The Hall–Kier alpha value is -3.00. The smallest absolute Gasteiger partial charge is 0.295 e. The van der Waals surface area contributed by atoms with Gasteiger partial charge in [-0.3, -0.25) is 14.9 Å². The van der Waals surface area contributed by atoms with Gasteiger partial charge in [0.25, 0.3) is 11.6 Å². The van der Waals surface area contributed by atoms with Crippen LogP contribution in [0.2, 0.25) is 0 Å². The Morgan fingerprint density at radius 1 is 1.32 bits per heavy atom. The fourth-order valence-electron chi connectivity index (χ4n) is 3.68. The molecule has 1 aliphatic heterocycles. The van der Waals surface area contributed by atoms with Crippen molar-refractivity contribution < 1.29 is 9.72 Å². The third-order valence-electron chi connectivity index (χ3n) is 5.08. The number of fused-ring (bicyclic) bond motifs is 1. The second-order valence-electron chi connectivity index (χ2n) is 6.96.